The lowest BCUT2D eigenvalue weighted by molar-refractivity contribution is 0.0127. The Bertz CT molecular complexity index is 369. The Morgan fingerprint density at radius 3 is 2.81 bits per heavy atom. The number of hydrogen-bond donors (Lipinski definition) is 1. The molecule has 1 aliphatic rings. The van der Waals surface area contributed by atoms with E-state index in [1.807, 2.05) is 18.0 Å². The van der Waals surface area contributed by atoms with Gasteiger partial charge in [0.1, 0.15) is 0 Å². The molecule has 6 heteroatoms. The van der Waals surface area contributed by atoms with Gasteiger partial charge in [0, 0.05) is 13.1 Å². The van der Waals surface area contributed by atoms with Crippen molar-refractivity contribution >= 4 is 33.2 Å². The Hall–Kier alpha value is -0.430. The van der Waals surface area contributed by atoms with E-state index in [2.05, 4.69) is 21.4 Å². The summed E-state index contributed by atoms with van der Waals surface area (Å²) in [5.41, 5.74) is 3.97. The third-order valence-electron chi connectivity index (χ3n) is 2.35. The van der Waals surface area contributed by atoms with Gasteiger partial charge < -0.3 is 4.74 Å². The SMILES string of the molecule is Cc1cc(C(=O)NN2CCOCC2)sc1Br. The molecule has 16 heavy (non-hydrogen) atoms. The van der Waals surface area contributed by atoms with Crippen LogP contribution in [0.25, 0.3) is 0 Å². The fraction of sp³-hybridized carbons (Fsp3) is 0.500. The van der Waals surface area contributed by atoms with Crippen molar-refractivity contribution in [2.75, 3.05) is 26.3 Å². The molecule has 4 nitrogen and oxygen atoms in total. The van der Waals surface area contributed by atoms with Crippen molar-refractivity contribution in [1.82, 2.24) is 10.4 Å². The van der Waals surface area contributed by atoms with E-state index in [4.69, 9.17) is 4.74 Å². The number of hydrogen-bond acceptors (Lipinski definition) is 4. The summed E-state index contributed by atoms with van der Waals surface area (Å²) in [7, 11) is 0. The van der Waals surface area contributed by atoms with Crippen LogP contribution in [0.2, 0.25) is 0 Å². The summed E-state index contributed by atoms with van der Waals surface area (Å²) in [5.74, 6) is -0.0410. The number of carbonyl (C=O) groups excluding carboxylic acids is 1. The number of thiophene rings is 1. The monoisotopic (exact) mass is 304 g/mol. The Labute approximate surface area is 107 Å². The number of nitrogens with zero attached hydrogens (tertiary/aromatic N) is 1. The molecule has 0 aromatic carbocycles. The third-order valence-corrected chi connectivity index (χ3v) is 4.49. The minimum Gasteiger partial charge on any atom is -0.379 e. The number of rotatable bonds is 2. The predicted molar refractivity (Wildman–Crippen MR) is 66.6 cm³/mol. The van der Waals surface area contributed by atoms with Crippen molar-refractivity contribution in [3.05, 3.63) is 20.3 Å². The van der Waals surface area contributed by atoms with Gasteiger partial charge >= 0.3 is 0 Å². The van der Waals surface area contributed by atoms with Crippen molar-refractivity contribution < 1.29 is 9.53 Å². The van der Waals surface area contributed by atoms with Gasteiger partial charge in [0.25, 0.3) is 5.91 Å². The highest BCUT2D eigenvalue weighted by molar-refractivity contribution is 9.11. The Kier molecular flexibility index (Phi) is 3.96. The second-order valence-electron chi connectivity index (χ2n) is 3.61. The van der Waals surface area contributed by atoms with E-state index in [0.29, 0.717) is 13.2 Å². The van der Waals surface area contributed by atoms with Gasteiger partial charge in [-0.05, 0) is 34.5 Å². The van der Waals surface area contributed by atoms with Gasteiger partial charge in [0.05, 0.1) is 21.9 Å². The van der Waals surface area contributed by atoms with Crippen molar-refractivity contribution in [3.63, 3.8) is 0 Å². The molecular formula is C10H13BrN2O2S. The van der Waals surface area contributed by atoms with Gasteiger partial charge in [0.15, 0.2) is 0 Å². The molecule has 1 aromatic heterocycles. The average Bonchev–Trinajstić information content (AvgIpc) is 2.61. The highest BCUT2D eigenvalue weighted by Gasteiger charge is 2.16. The first kappa shape index (κ1) is 12.0. The lowest BCUT2D eigenvalue weighted by Gasteiger charge is -2.26. The van der Waals surface area contributed by atoms with Crippen LogP contribution in [0.1, 0.15) is 15.2 Å². The van der Waals surface area contributed by atoms with E-state index >= 15 is 0 Å². The van der Waals surface area contributed by atoms with Gasteiger partial charge in [-0.2, -0.15) is 0 Å². The van der Waals surface area contributed by atoms with E-state index in [9.17, 15) is 4.79 Å². The highest BCUT2D eigenvalue weighted by atomic mass is 79.9. The lowest BCUT2D eigenvalue weighted by Crippen LogP contribution is -2.48. The van der Waals surface area contributed by atoms with Gasteiger partial charge in [0.2, 0.25) is 0 Å². The topological polar surface area (TPSA) is 41.6 Å². The summed E-state index contributed by atoms with van der Waals surface area (Å²) >= 11 is 4.87. The number of aryl methyl sites for hydroxylation is 1. The van der Waals surface area contributed by atoms with Crippen molar-refractivity contribution in [1.29, 1.82) is 0 Å². The molecule has 0 unspecified atom stereocenters. The smallest absolute Gasteiger partial charge is 0.275 e. The zero-order chi connectivity index (χ0) is 11.5. The number of amides is 1. The zero-order valence-corrected chi connectivity index (χ0v) is 11.4. The Morgan fingerprint density at radius 2 is 2.25 bits per heavy atom. The van der Waals surface area contributed by atoms with Gasteiger partial charge in [-0.25, -0.2) is 5.01 Å². The van der Waals surface area contributed by atoms with Crippen LogP contribution < -0.4 is 5.43 Å². The molecule has 1 N–H and O–H groups in total. The quantitative estimate of drug-likeness (QED) is 0.906. The maximum atomic E-state index is 11.9. The van der Waals surface area contributed by atoms with Crippen LogP contribution in [0, 0.1) is 6.92 Å². The molecule has 2 heterocycles. The largest absolute Gasteiger partial charge is 0.379 e. The zero-order valence-electron chi connectivity index (χ0n) is 8.96. The summed E-state index contributed by atoms with van der Waals surface area (Å²) in [4.78, 5) is 12.6. The van der Waals surface area contributed by atoms with Crippen molar-refractivity contribution in [3.8, 4) is 0 Å². The van der Waals surface area contributed by atoms with E-state index in [1.54, 1.807) is 0 Å². The van der Waals surface area contributed by atoms with E-state index in [-0.39, 0.29) is 5.91 Å². The Balaban J connectivity index is 1.96. The maximum Gasteiger partial charge on any atom is 0.275 e. The average molecular weight is 305 g/mol. The number of hydrazine groups is 1. The minimum atomic E-state index is -0.0410. The molecule has 0 aliphatic carbocycles. The third kappa shape index (κ3) is 2.82. The first-order valence-corrected chi connectivity index (χ1v) is 6.67. The summed E-state index contributed by atoms with van der Waals surface area (Å²) in [6.07, 6.45) is 0. The molecule has 1 amide bonds. The Morgan fingerprint density at radius 1 is 1.56 bits per heavy atom. The van der Waals surface area contributed by atoms with E-state index in [0.717, 1.165) is 27.3 Å². The fourth-order valence-electron chi connectivity index (χ4n) is 1.45. The highest BCUT2D eigenvalue weighted by Crippen LogP contribution is 2.27. The summed E-state index contributed by atoms with van der Waals surface area (Å²) in [5, 5.41) is 1.90. The number of morpholine rings is 1. The van der Waals surface area contributed by atoms with Gasteiger partial charge in [-0.15, -0.1) is 11.3 Å². The second kappa shape index (κ2) is 5.27. The molecule has 1 saturated heterocycles. The molecule has 1 aromatic rings. The molecular weight excluding hydrogens is 292 g/mol. The van der Waals surface area contributed by atoms with Crippen LogP contribution in [0.3, 0.4) is 0 Å². The number of halogens is 1. The standard InChI is InChI=1S/C10H13BrN2O2S/c1-7-6-8(16-9(7)11)10(14)12-13-2-4-15-5-3-13/h6H,2-5H2,1H3,(H,12,14). The molecule has 2 rings (SSSR count). The number of carbonyl (C=O) groups is 1. The maximum absolute atomic E-state index is 11.9. The van der Waals surface area contributed by atoms with Crippen LogP contribution in [-0.4, -0.2) is 37.2 Å². The lowest BCUT2D eigenvalue weighted by atomic mass is 10.3. The van der Waals surface area contributed by atoms with E-state index in [1.165, 1.54) is 11.3 Å². The molecule has 88 valence electrons. The fourth-order valence-corrected chi connectivity index (χ4v) is 2.87. The molecule has 1 fully saturated rings. The molecule has 0 saturated carbocycles. The normalized spacial score (nSPS) is 17.4. The summed E-state index contributed by atoms with van der Waals surface area (Å²) in [6, 6.07) is 1.89. The summed E-state index contributed by atoms with van der Waals surface area (Å²) in [6.45, 7) is 4.82. The van der Waals surface area contributed by atoms with Crippen LogP contribution in [0.15, 0.2) is 9.85 Å². The number of ether oxygens (including phenoxy) is 1. The summed E-state index contributed by atoms with van der Waals surface area (Å²) < 4.78 is 6.23. The minimum absolute atomic E-state index is 0.0410. The van der Waals surface area contributed by atoms with Crippen molar-refractivity contribution in [2.45, 2.75) is 6.92 Å². The molecule has 0 atom stereocenters. The molecule has 0 spiro atoms. The van der Waals surface area contributed by atoms with Gasteiger partial charge in [-0.1, -0.05) is 0 Å². The van der Waals surface area contributed by atoms with Gasteiger partial charge in [-0.3, -0.25) is 10.2 Å². The molecule has 0 bridgehead atoms. The van der Waals surface area contributed by atoms with Crippen LogP contribution in [0.5, 0.6) is 0 Å². The van der Waals surface area contributed by atoms with E-state index < -0.39 is 0 Å². The van der Waals surface area contributed by atoms with Crippen molar-refractivity contribution in [2.24, 2.45) is 0 Å². The number of nitrogens with one attached hydrogen (secondary N) is 1. The first-order chi connectivity index (χ1) is 7.66. The van der Waals surface area contributed by atoms with Crippen LogP contribution in [-0.2, 0) is 4.74 Å². The first-order valence-electron chi connectivity index (χ1n) is 5.06. The van der Waals surface area contributed by atoms with Crippen LogP contribution in [0.4, 0.5) is 0 Å². The second-order valence-corrected chi connectivity index (χ2v) is 5.98. The molecule has 0 radical (unpaired) electrons. The predicted octanol–water partition coefficient (Wildman–Crippen LogP) is 1.80. The van der Waals surface area contributed by atoms with Crippen LogP contribution >= 0.6 is 27.3 Å². The molecule has 1 aliphatic heterocycles.